The molecule has 2 aromatic carbocycles. The van der Waals surface area contributed by atoms with Gasteiger partial charge in [0.15, 0.2) is 0 Å². The number of hydrogen-bond acceptors (Lipinski definition) is 10. The number of likely N-dealkylation sites (tertiary alicyclic amines) is 2. The van der Waals surface area contributed by atoms with Crippen LogP contribution in [0.1, 0.15) is 111 Å². The number of carbonyl (C=O) groups excluding carboxylic acids is 4. The number of nitrogens with zero attached hydrogens (tertiary/aromatic N) is 4. The monoisotopic (exact) mass is 848 g/mol. The van der Waals surface area contributed by atoms with Gasteiger partial charge in [-0.05, 0) is 123 Å². The first-order valence-electron chi connectivity index (χ1n) is 22.0. The first-order chi connectivity index (χ1) is 29.9. The minimum absolute atomic E-state index is 0.0158. The fourth-order valence-electron chi connectivity index (χ4n) is 11.1. The van der Waals surface area contributed by atoms with Crippen molar-refractivity contribution >= 4 is 24.0 Å². The molecule has 2 saturated heterocycles. The molecule has 16 heteroatoms. The van der Waals surface area contributed by atoms with E-state index in [0.29, 0.717) is 23.5 Å². The van der Waals surface area contributed by atoms with E-state index in [1.54, 1.807) is 0 Å². The Bertz CT molecular complexity index is 2200. The van der Waals surface area contributed by atoms with E-state index in [9.17, 15) is 29.4 Å². The number of carbonyl (C=O) groups is 4. The summed E-state index contributed by atoms with van der Waals surface area (Å²) in [6, 6.07) is 10.1. The largest absolute Gasteiger partial charge is 0.453 e. The molecule has 0 bridgehead atoms. The number of alkyl carbamates (subject to hydrolysis) is 2. The lowest BCUT2D eigenvalue weighted by atomic mass is 9.84. The number of imidazole rings is 2. The fourth-order valence-corrected chi connectivity index (χ4v) is 11.1. The Labute approximate surface area is 360 Å². The third-order valence-corrected chi connectivity index (χ3v) is 14.2. The first-order valence-corrected chi connectivity index (χ1v) is 22.0. The molecule has 4 amide bonds. The van der Waals surface area contributed by atoms with Gasteiger partial charge in [0.1, 0.15) is 23.7 Å². The summed E-state index contributed by atoms with van der Waals surface area (Å²) >= 11 is 0. The van der Waals surface area contributed by atoms with Gasteiger partial charge >= 0.3 is 12.2 Å². The summed E-state index contributed by atoms with van der Waals surface area (Å²) in [5, 5.41) is 26.1. The van der Waals surface area contributed by atoms with Crippen LogP contribution < -0.4 is 10.6 Å². The van der Waals surface area contributed by atoms with Crippen molar-refractivity contribution in [2.45, 2.75) is 127 Å². The highest BCUT2D eigenvalue weighted by atomic mass is 16.5. The third-order valence-electron chi connectivity index (χ3n) is 14.2. The molecule has 3 aliphatic carbocycles. The van der Waals surface area contributed by atoms with Crippen molar-refractivity contribution in [3.05, 3.63) is 82.7 Å². The molecule has 2 saturated carbocycles. The maximum Gasteiger partial charge on any atom is 0.407 e. The molecule has 10 atom stereocenters. The molecule has 62 heavy (non-hydrogen) atoms. The van der Waals surface area contributed by atoms with Crippen molar-refractivity contribution in [1.29, 1.82) is 0 Å². The second-order valence-electron chi connectivity index (χ2n) is 17.9. The van der Waals surface area contributed by atoms with E-state index in [1.807, 2.05) is 22.2 Å². The Hall–Kier alpha value is -5.74. The number of methoxy groups -OCH3 is 2. The summed E-state index contributed by atoms with van der Waals surface area (Å²) in [4.78, 5) is 72.6. The number of aromatic nitrogens is 4. The number of fused-ring (bicyclic) bond motifs is 4. The Morgan fingerprint density at radius 3 is 1.47 bits per heavy atom. The molecule has 4 fully saturated rings. The van der Waals surface area contributed by atoms with E-state index >= 15 is 0 Å². The number of amides is 4. The van der Waals surface area contributed by atoms with Crippen LogP contribution in [0.5, 0.6) is 0 Å². The molecule has 4 heterocycles. The number of H-pyrrole nitrogens is 2. The molecule has 2 aromatic heterocycles. The molecular weight excluding hydrogens is 793 g/mol. The van der Waals surface area contributed by atoms with Gasteiger partial charge in [0.05, 0.1) is 62.3 Å². The summed E-state index contributed by atoms with van der Waals surface area (Å²) in [7, 11) is 2.46. The van der Waals surface area contributed by atoms with Crippen molar-refractivity contribution in [3.8, 4) is 22.5 Å². The Kier molecular flexibility index (Phi) is 11.3. The quantitative estimate of drug-likeness (QED) is 0.110. The van der Waals surface area contributed by atoms with Crippen LogP contribution in [-0.2, 0) is 31.9 Å². The van der Waals surface area contributed by atoms with Gasteiger partial charge < -0.3 is 50.1 Å². The van der Waals surface area contributed by atoms with Crippen LogP contribution in [0.2, 0.25) is 0 Å². The smallest absolute Gasteiger partial charge is 0.407 e. The molecule has 0 radical (unpaired) electrons. The van der Waals surface area contributed by atoms with Crippen molar-refractivity contribution in [3.63, 3.8) is 0 Å². The Balaban J connectivity index is 0.911. The minimum Gasteiger partial charge on any atom is -0.453 e. The normalized spacial score (nSPS) is 25.5. The zero-order valence-electron chi connectivity index (χ0n) is 35.6. The number of rotatable bonds is 10. The number of aliphatic hydroxyl groups is 2. The summed E-state index contributed by atoms with van der Waals surface area (Å²) in [6.45, 7) is 2.99. The molecule has 6 N–H and O–H groups in total. The van der Waals surface area contributed by atoms with Gasteiger partial charge in [-0.3, -0.25) is 9.59 Å². The predicted octanol–water partition coefficient (Wildman–Crippen LogP) is 5.06. The van der Waals surface area contributed by atoms with Crippen molar-refractivity contribution in [2.24, 2.45) is 11.8 Å². The molecule has 2 aliphatic heterocycles. The van der Waals surface area contributed by atoms with Gasteiger partial charge in [-0.2, -0.15) is 0 Å². The summed E-state index contributed by atoms with van der Waals surface area (Å²) in [5.41, 5.74) is 8.67. The van der Waals surface area contributed by atoms with Crippen LogP contribution in [0.15, 0.2) is 48.8 Å². The number of hydrogen-bond donors (Lipinski definition) is 6. The van der Waals surface area contributed by atoms with Crippen molar-refractivity contribution in [2.75, 3.05) is 14.2 Å². The van der Waals surface area contributed by atoms with Crippen LogP contribution in [0, 0.1) is 11.8 Å². The Morgan fingerprint density at radius 1 is 0.661 bits per heavy atom. The zero-order chi connectivity index (χ0) is 43.4. The highest BCUT2D eigenvalue weighted by molar-refractivity contribution is 5.88. The maximum absolute atomic E-state index is 14.0. The summed E-state index contributed by atoms with van der Waals surface area (Å²) < 4.78 is 9.50. The topological polar surface area (TPSA) is 215 Å². The van der Waals surface area contributed by atoms with Gasteiger partial charge in [-0.15, -0.1) is 0 Å². The lowest BCUT2D eigenvalue weighted by Crippen LogP contribution is -2.55. The second kappa shape index (κ2) is 16.9. The average molecular weight is 849 g/mol. The Morgan fingerprint density at radius 2 is 1.08 bits per heavy atom. The molecule has 5 aliphatic rings. The van der Waals surface area contributed by atoms with Gasteiger partial charge in [-0.25, -0.2) is 19.6 Å². The van der Waals surface area contributed by atoms with Crippen LogP contribution in [-0.4, -0.2) is 115 Å². The van der Waals surface area contributed by atoms with Crippen molar-refractivity contribution in [1.82, 2.24) is 40.4 Å². The number of aromatic amines is 2. The standard InChI is InChI=1S/C46H56N8O8/c1-23(55)39(51-45(59)61-3)43(57)53-35-9-5-7-29(35)19-37(53)41-47-21-33(49-41)27-13-11-25-16-32-18-28(14-12-26(32)15-31(25)17-27)34-22-48-42(50-34)38-20-30-8-6-10-36(30)54(38)44(58)40(24(2)56)52-46(60)62-4/h11-14,17-18,21-24,29-30,35-40,55-56H,5-10,15-16,19-20H2,1-4H3,(H,47,49)(H,48,50)(H,51,59)(H,52,60)/t23-,24-,29+,30+,35+,36+,37+,38+,39+,40+/m1/s1. The van der Waals surface area contributed by atoms with Gasteiger partial charge in [0.25, 0.3) is 0 Å². The third kappa shape index (κ3) is 7.61. The van der Waals surface area contributed by atoms with E-state index in [0.717, 1.165) is 86.7 Å². The molecule has 4 aromatic rings. The van der Waals surface area contributed by atoms with E-state index in [4.69, 9.17) is 19.4 Å². The minimum atomic E-state index is -1.13. The molecule has 328 valence electrons. The van der Waals surface area contributed by atoms with E-state index < -0.39 is 36.5 Å². The first kappa shape index (κ1) is 41.6. The molecular formula is C46H56N8O8. The van der Waals surface area contributed by atoms with Crippen LogP contribution in [0.25, 0.3) is 22.5 Å². The lowest BCUT2D eigenvalue weighted by molar-refractivity contribution is -0.140. The van der Waals surface area contributed by atoms with Gasteiger partial charge in [0, 0.05) is 12.1 Å². The van der Waals surface area contributed by atoms with E-state index in [1.165, 1.54) is 50.3 Å². The average Bonchev–Trinajstić information content (AvgIpc) is 4.12. The predicted molar refractivity (Wildman–Crippen MR) is 226 cm³/mol. The SMILES string of the molecule is COC(=O)N[C@H](C(=O)N1[C@H](c2ncc(-c3ccc4c(c3)Cc3ccc(-c5cnc([C@@H]6C[C@@H]7CCC[C@@H]7N6C(=O)[C@@H](NC(=O)OC)[C@@H](C)O)[nH]5)cc3C4)[nH]2)C[C@@H]2CCC[C@@H]21)[C@@H](C)O. The number of nitrogens with one attached hydrogen (secondary N) is 4. The van der Waals surface area contributed by atoms with Gasteiger partial charge in [0.2, 0.25) is 11.8 Å². The highest BCUT2D eigenvalue weighted by Gasteiger charge is 2.51. The number of aliphatic hydroxyl groups excluding tert-OH is 2. The van der Waals surface area contributed by atoms with Crippen LogP contribution >= 0.6 is 0 Å². The van der Waals surface area contributed by atoms with Crippen LogP contribution in [0.3, 0.4) is 0 Å². The van der Waals surface area contributed by atoms with Gasteiger partial charge in [-0.1, -0.05) is 37.1 Å². The second-order valence-corrected chi connectivity index (χ2v) is 17.9. The maximum atomic E-state index is 14.0. The molecule has 16 nitrogen and oxygen atoms in total. The fraction of sp³-hybridized carbons (Fsp3) is 0.522. The van der Waals surface area contributed by atoms with Crippen molar-refractivity contribution < 1.29 is 38.9 Å². The van der Waals surface area contributed by atoms with E-state index in [2.05, 4.69) is 57.0 Å². The number of benzene rings is 2. The molecule has 0 spiro atoms. The molecule has 9 rings (SSSR count). The van der Waals surface area contributed by atoms with E-state index in [-0.39, 0.29) is 36.0 Å². The van der Waals surface area contributed by atoms with Crippen LogP contribution in [0.4, 0.5) is 9.59 Å². The number of ether oxygens (including phenoxy) is 2. The summed E-state index contributed by atoms with van der Waals surface area (Å²) in [6.07, 6.45) is 8.79. The lowest BCUT2D eigenvalue weighted by Gasteiger charge is -2.33. The summed E-state index contributed by atoms with van der Waals surface area (Å²) in [5.74, 6) is 1.36. The highest BCUT2D eigenvalue weighted by Crippen LogP contribution is 2.49. The zero-order valence-corrected chi connectivity index (χ0v) is 35.6. The molecule has 0 unspecified atom stereocenters.